The Balaban J connectivity index is 2.44. The van der Waals surface area contributed by atoms with Gasteiger partial charge in [-0.2, -0.15) is 0 Å². The molecule has 0 aromatic heterocycles. The molecule has 0 heterocycles. The van der Waals surface area contributed by atoms with Crippen molar-refractivity contribution in [3.8, 4) is 0 Å². The van der Waals surface area contributed by atoms with E-state index in [4.69, 9.17) is 6.64 Å². The molecule has 2 aliphatic rings. The first kappa shape index (κ1) is 20.5. The third-order valence-electron chi connectivity index (χ3n) is 5.63. The van der Waals surface area contributed by atoms with E-state index < -0.39 is 32.9 Å². The Kier molecular flexibility index (Phi) is 5.62. The number of hydrogen-bond donors (Lipinski definition) is 0. The van der Waals surface area contributed by atoms with Gasteiger partial charge in [0.05, 0.1) is 0 Å². The first-order valence-corrected chi connectivity index (χ1v) is 17.0. The predicted molar refractivity (Wildman–Crippen MR) is 110 cm³/mol. The van der Waals surface area contributed by atoms with Gasteiger partial charge in [-0.3, -0.25) is 0 Å². The molecule has 144 valence electrons. The Bertz CT molecular complexity index is 1010. The molecule has 3 rings (SSSR count). The summed E-state index contributed by atoms with van der Waals surface area (Å²) in [6, 6.07) is 7.99. The van der Waals surface area contributed by atoms with Gasteiger partial charge in [-0.15, -0.1) is 0 Å². The fraction of sp³-hybridized carbons (Fsp3) is 0.182. The first-order valence-electron chi connectivity index (χ1n) is 9.20. The molecule has 28 heavy (non-hydrogen) atoms. The average molecular weight is 428 g/mol. The fourth-order valence-electron chi connectivity index (χ4n) is 4.30. The third kappa shape index (κ3) is 2.94. The second kappa shape index (κ2) is 7.66. The van der Waals surface area contributed by atoms with Gasteiger partial charge in [0.25, 0.3) is 0 Å². The molecular formula is C22H24O4SiTi. The molecular weight excluding hydrogens is 404 g/mol. The summed E-state index contributed by atoms with van der Waals surface area (Å²) in [7, 11) is 0. The number of benzene rings is 1. The second-order valence-electron chi connectivity index (χ2n) is 7.18. The van der Waals surface area contributed by atoms with Gasteiger partial charge in [0, 0.05) is 0 Å². The van der Waals surface area contributed by atoms with Gasteiger partial charge < -0.3 is 0 Å². The molecule has 0 aliphatic heterocycles. The van der Waals surface area contributed by atoms with Crippen LogP contribution in [-0.2, 0) is 31.0 Å². The van der Waals surface area contributed by atoms with E-state index in [1.165, 1.54) is 0 Å². The molecule has 0 amide bonds. The summed E-state index contributed by atoms with van der Waals surface area (Å²) in [5.74, 6) is -1.10. The van der Waals surface area contributed by atoms with Crippen molar-refractivity contribution in [2.24, 2.45) is 0 Å². The summed E-state index contributed by atoms with van der Waals surface area (Å²) >= 11 is -4.97. The van der Waals surface area contributed by atoms with E-state index in [1.54, 1.807) is 0 Å². The average Bonchev–Trinajstić information content (AvgIpc) is 3.37. The van der Waals surface area contributed by atoms with Gasteiger partial charge in [0.1, 0.15) is 0 Å². The van der Waals surface area contributed by atoms with E-state index in [9.17, 15) is 9.59 Å². The molecule has 0 spiro atoms. The van der Waals surface area contributed by atoms with E-state index in [0.29, 0.717) is 6.42 Å². The molecule has 4 nitrogen and oxygen atoms in total. The van der Waals surface area contributed by atoms with Crippen molar-refractivity contribution in [2.45, 2.75) is 23.7 Å². The Morgan fingerprint density at radius 1 is 1.14 bits per heavy atom. The van der Waals surface area contributed by atoms with Gasteiger partial charge in [-0.1, -0.05) is 0 Å². The van der Waals surface area contributed by atoms with Crippen LogP contribution >= 0.6 is 0 Å². The summed E-state index contributed by atoms with van der Waals surface area (Å²) in [6.07, 6.45) is 11.5. The molecule has 1 unspecified atom stereocenters. The van der Waals surface area contributed by atoms with Crippen LogP contribution in [0.4, 0.5) is 0 Å². The van der Waals surface area contributed by atoms with Crippen molar-refractivity contribution in [3.05, 3.63) is 88.9 Å². The van der Waals surface area contributed by atoms with Crippen molar-refractivity contribution < 1.29 is 31.0 Å². The van der Waals surface area contributed by atoms with Crippen LogP contribution in [0.15, 0.2) is 77.8 Å². The number of carbonyl (C=O) groups is 2. The maximum absolute atomic E-state index is 12.7. The van der Waals surface area contributed by atoms with Crippen LogP contribution in [0.25, 0.3) is 6.08 Å². The van der Waals surface area contributed by atoms with Gasteiger partial charge in [0.2, 0.25) is 0 Å². The Hall–Kier alpha value is -2.21. The van der Waals surface area contributed by atoms with Crippen LogP contribution in [0.2, 0.25) is 13.1 Å². The number of rotatable bonds is 6. The van der Waals surface area contributed by atoms with E-state index in [1.807, 2.05) is 54.6 Å². The molecule has 0 fully saturated rings. The number of hydrogen-bond acceptors (Lipinski definition) is 4. The van der Waals surface area contributed by atoms with Gasteiger partial charge in [-0.05, 0) is 0 Å². The quantitative estimate of drug-likeness (QED) is 0.481. The van der Waals surface area contributed by atoms with Crippen LogP contribution in [0, 0.1) is 0 Å². The Morgan fingerprint density at radius 3 is 2.32 bits per heavy atom. The summed E-state index contributed by atoms with van der Waals surface area (Å²) in [5.41, 5.74) is 2.09. The molecule has 0 saturated heterocycles. The summed E-state index contributed by atoms with van der Waals surface area (Å²) in [6.45, 7) is 11.3. The van der Waals surface area contributed by atoms with E-state index >= 15 is 0 Å². The van der Waals surface area contributed by atoms with Crippen molar-refractivity contribution in [3.63, 3.8) is 0 Å². The summed E-state index contributed by atoms with van der Waals surface area (Å²) < 4.78 is 13.4. The zero-order valence-corrected chi connectivity index (χ0v) is 18.7. The zero-order valence-electron chi connectivity index (χ0n) is 16.2. The summed E-state index contributed by atoms with van der Waals surface area (Å²) in [5, 5.41) is 0. The first-order chi connectivity index (χ1) is 13.4. The number of fused-ring (bicyclic) bond motifs is 1. The van der Waals surface area contributed by atoms with Crippen LogP contribution in [0.3, 0.4) is 0 Å². The predicted octanol–water partition coefficient (Wildman–Crippen LogP) is 4.83. The summed E-state index contributed by atoms with van der Waals surface area (Å²) in [4.78, 5) is 25.3. The topological polar surface area (TPSA) is 52.6 Å². The molecule has 0 saturated carbocycles. The number of carbonyl (C=O) groups excluding carboxylic acids is 2. The van der Waals surface area contributed by atoms with Crippen LogP contribution in [0.5, 0.6) is 0 Å². The molecule has 1 aromatic carbocycles. The Morgan fingerprint density at radius 2 is 1.79 bits per heavy atom. The zero-order chi connectivity index (χ0) is 20.4. The molecule has 1 atom stereocenters. The minimum atomic E-state index is -4.97. The molecule has 0 N–H and O–H groups in total. The van der Waals surface area contributed by atoms with E-state index in [-0.39, 0.29) is 4.22 Å². The van der Waals surface area contributed by atoms with Gasteiger partial charge in [-0.25, -0.2) is 0 Å². The van der Waals surface area contributed by atoms with Crippen LogP contribution in [-0.4, -0.2) is 18.1 Å². The third-order valence-corrected chi connectivity index (χ3v) is 26.8. The molecule has 6 heteroatoms. The van der Waals surface area contributed by atoms with Crippen molar-refractivity contribution in [1.82, 2.24) is 0 Å². The van der Waals surface area contributed by atoms with E-state index in [2.05, 4.69) is 26.3 Å². The SMILES string of the molecule is C=CC(=O)[O][Ti]([O]C(=O)C=C)([C]1=CC=CC1)([CH]1C=Cc2ccccc21)=[Si](C)C. The maximum atomic E-state index is 12.7. The van der Waals surface area contributed by atoms with Gasteiger partial charge >= 0.3 is 168 Å². The van der Waals surface area contributed by atoms with Crippen molar-refractivity contribution in [2.75, 3.05) is 0 Å². The molecule has 2 aliphatic carbocycles. The Labute approximate surface area is 167 Å². The van der Waals surface area contributed by atoms with Gasteiger partial charge in [0.15, 0.2) is 0 Å². The monoisotopic (exact) mass is 428 g/mol. The minimum absolute atomic E-state index is 0.281. The normalized spacial score (nSPS) is 17.5. The van der Waals surface area contributed by atoms with E-state index in [0.717, 1.165) is 27.2 Å². The molecule has 0 radical (unpaired) electrons. The molecule has 1 aromatic rings. The standard InChI is InChI=1S/C9H7.C5H5.2C3H4O2.C2H6Si.Ti/c1-2-5-9-7-3-6-8(9)4-1;1-2-4-5-3-1;2*1-2-3(4)5;1-3-2;/h1-7H;1-3H,4H2;2*2H,1H2,(H,4,5);1-2H3;/q;;;;;+2/p-2. The molecule has 0 bridgehead atoms. The fourth-order valence-corrected chi connectivity index (χ4v) is 22.9. The van der Waals surface area contributed by atoms with Crippen LogP contribution in [0.1, 0.15) is 21.8 Å². The van der Waals surface area contributed by atoms with Crippen LogP contribution < -0.4 is 0 Å². The van der Waals surface area contributed by atoms with Crippen molar-refractivity contribution in [1.29, 1.82) is 0 Å². The number of allylic oxidation sites excluding steroid dienone is 5. The second-order valence-corrected chi connectivity index (χ2v) is 23.9. The van der Waals surface area contributed by atoms with Crippen molar-refractivity contribution >= 4 is 24.2 Å².